The fourth-order valence-electron chi connectivity index (χ4n) is 2.91. The summed E-state index contributed by atoms with van der Waals surface area (Å²) in [5.74, 6) is -0.481. The Morgan fingerprint density at radius 2 is 1.72 bits per heavy atom. The molecule has 3 nitrogen and oxygen atoms in total. The molecular formula is C24H18Cl2N2O. The molecule has 3 rings (SSSR count). The van der Waals surface area contributed by atoms with Gasteiger partial charge in [-0.3, -0.25) is 4.79 Å². The maximum absolute atomic E-state index is 12.7. The third kappa shape index (κ3) is 5.26. The van der Waals surface area contributed by atoms with Crippen molar-refractivity contribution in [2.75, 3.05) is 5.32 Å². The van der Waals surface area contributed by atoms with E-state index in [1.807, 2.05) is 67.6 Å². The minimum absolute atomic E-state index is 0.0102. The van der Waals surface area contributed by atoms with Crippen LogP contribution >= 0.6 is 23.2 Å². The van der Waals surface area contributed by atoms with E-state index < -0.39 is 5.91 Å². The topological polar surface area (TPSA) is 52.9 Å². The Kier molecular flexibility index (Phi) is 6.72. The van der Waals surface area contributed by atoms with Gasteiger partial charge in [0.05, 0.1) is 0 Å². The number of carbonyl (C=O) groups excluding carboxylic acids is 1. The van der Waals surface area contributed by atoms with E-state index in [0.29, 0.717) is 22.2 Å². The Hall–Kier alpha value is -3.06. The van der Waals surface area contributed by atoms with Gasteiger partial charge in [0.2, 0.25) is 0 Å². The van der Waals surface area contributed by atoms with E-state index in [2.05, 4.69) is 5.32 Å². The Labute approximate surface area is 180 Å². The van der Waals surface area contributed by atoms with Crippen molar-refractivity contribution in [3.8, 4) is 6.07 Å². The molecule has 3 aromatic carbocycles. The zero-order valence-corrected chi connectivity index (χ0v) is 17.3. The van der Waals surface area contributed by atoms with Crippen LogP contribution in [0.15, 0.2) is 72.3 Å². The quantitative estimate of drug-likeness (QED) is 0.381. The van der Waals surface area contributed by atoms with E-state index in [1.54, 1.807) is 18.2 Å². The van der Waals surface area contributed by atoms with E-state index >= 15 is 0 Å². The van der Waals surface area contributed by atoms with Gasteiger partial charge < -0.3 is 5.32 Å². The third-order valence-electron chi connectivity index (χ3n) is 4.51. The van der Waals surface area contributed by atoms with Crippen molar-refractivity contribution in [2.45, 2.75) is 13.3 Å². The highest BCUT2D eigenvalue weighted by Gasteiger charge is 2.13. The molecule has 0 aliphatic carbocycles. The van der Waals surface area contributed by atoms with Gasteiger partial charge in [-0.25, -0.2) is 0 Å². The minimum atomic E-state index is -0.481. The van der Waals surface area contributed by atoms with E-state index in [1.165, 1.54) is 0 Å². The maximum atomic E-state index is 12.7. The van der Waals surface area contributed by atoms with Crippen molar-refractivity contribution in [3.05, 3.63) is 105 Å². The number of aryl methyl sites for hydroxylation is 1. The van der Waals surface area contributed by atoms with E-state index in [9.17, 15) is 10.1 Å². The molecule has 3 aromatic rings. The number of rotatable bonds is 5. The van der Waals surface area contributed by atoms with Gasteiger partial charge in [-0.15, -0.1) is 0 Å². The fraction of sp³-hybridized carbons (Fsp3) is 0.0833. The Bertz CT molecular complexity index is 1130. The van der Waals surface area contributed by atoms with Crippen molar-refractivity contribution in [3.63, 3.8) is 0 Å². The smallest absolute Gasteiger partial charge is 0.266 e. The van der Waals surface area contributed by atoms with Gasteiger partial charge in [-0.1, -0.05) is 71.7 Å². The summed E-state index contributed by atoms with van der Waals surface area (Å²) < 4.78 is 0. The van der Waals surface area contributed by atoms with Gasteiger partial charge >= 0.3 is 0 Å². The third-order valence-corrected chi connectivity index (χ3v) is 5.11. The first kappa shape index (κ1) is 20.7. The number of nitriles is 1. The van der Waals surface area contributed by atoms with Gasteiger partial charge in [-0.05, 0) is 59.9 Å². The van der Waals surface area contributed by atoms with Crippen LogP contribution in [0.25, 0.3) is 6.08 Å². The van der Waals surface area contributed by atoms with Crippen LogP contribution in [0.5, 0.6) is 0 Å². The number of nitrogens with zero attached hydrogens (tertiary/aromatic N) is 1. The largest absolute Gasteiger partial charge is 0.321 e. The SMILES string of the molecule is Cc1ccc(Cl)cc1NC(=O)/C(C#N)=C/c1ccccc1Cc1ccccc1Cl. The normalized spacial score (nSPS) is 11.0. The highest BCUT2D eigenvalue weighted by atomic mass is 35.5. The van der Waals surface area contributed by atoms with Gasteiger partial charge in [0.25, 0.3) is 5.91 Å². The molecule has 0 aliphatic heterocycles. The average Bonchev–Trinajstić information content (AvgIpc) is 2.71. The fourth-order valence-corrected chi connectivity index (χ4v) is 3.28. The van der Waals surface area contributed by atoms with Crippen LogP contribution in [0.3, 0.4) is 0 Å². The number of amides is 1. The summed E-state index contributed by atoms with van der Waals surface area (Å²) in [5.41, 5.74) is 4.19. The molecule has 0 fully saturated rings. The van der Waals surface area contributed by atoms with Crippen LogP contribution in [0.2, 0.25) is 10.0 Å². The van der Waals surface area contributed by atoms with Crippen LogP contribution in [0.1, 0.15) is 22.3 Å². The monoisotopic (exact) mass is 420 g/mol. The molecule has 0 atom stereocenters. The van der Waals surface area contributed by atoms with Crippen molar-refractivity contribution < 1.29 is 4.79 Å². The number of hydrogen-bond donors (Lipinski definition) is 1. The zero-order valence-electron chi connectivity index (χ0n) is 15.7. The van der Waals surface area contributed by atoms with Crippen LogP contribution in [-0.2, 0) is 11.2 Å². The van der Waals surface area contributed by atoms with Crippen molar-refractivity contribution in [1.82, 2.24) is 0 Å². The van der Waals surface area contributed by atoms with Crippen LogP contribution in [0, 0.1) is 18.3 Å². The first-order chi connectivity index (χ1) is 14.0. The van der Waals surface area contributed by atoms with Gasteiger partial charge in [0.1, 0.15) is 11.6 Å². The van der Waals surface area contributed by atoms with Crippen LogP contribution < -0.4 is 5.32 Å². The summed E-state index contributed by atoms with van der Waals surface area (Å²) in [7, 11) is 0. The lowest BCUT2D eigenvalue weighted by atomic mass is 9.98. The number of nitrogens with one attached hydrogen (secondary N) is 1. The lowest BCUT2D eigenvalue weighted by molar-refractivity contribution is -0.112. The molecule has 0 bridgehead atoms. The van der Waals surface area contributed by atoms with Gasteiger partial charge in [0.15, 0.2) is 0 Å². The lowest BCUT2D eigenvalue weighted by Gasteiger charge is -2.10. The first-order valence-electron chi connectivity index (χ1n) is 8.98. The molecule has 0 heterocycles. The van der Waals surface area contributed by atoms with Crippen molar-refractivity contribution in [1.29, 1.82) is 5.26 Å². The maximum Gasteiger partial charge on any atom is 0.266 e. The molecule has 29 heavy (non-hydrogen) atoms. The summed E-state index contributed by atoms with van der Waals surface area (Å²) in [6.45, 7) is 1.86. The van der Waals surface area contributed by atoms with Crippen molar-refractivity contribution >= 4 is 40.9 Å². The Balaban J connectivity index is 1.89. The Morgan fingerprint density at radius 3 is 2.45 bits per heavy atom. The zero-order chi connectivity index (χ0) is 20.8. The van der Waals surface area contributed by atoms with Crippen LogP contribution in [-0.4, -0.2) is 5.91 Å². The molecule has 1 amide bonds. The highest BCUT2D eigenvalue weighted by Crippen LogP contribution is 2.24. The molecule has 144 valence electrons. The molecule has 0 aromatic heterocycles. The molecular weight excluding hydrogens is 403 g/mol. The summed E-state index contributed by atoms with van der Waals surface area (Å²) in [6, 6.07) is 22.5. The summed E-state index contributed by atoms with van der Waals surface area (Å²) in [6.07, 6.45) is 2.20. The number of benzene rings is 3. The summed E-state index contributed by atoms with van der Waals surface area (Å²) in [4.78, 5) is 12.7. The van der Waals surface area contributed by atoms with Crippen LogP contribution in [0.4, 0.5) is 5.69 Å². The van der Waals surface area contributed by atoms with Gasteiger partial charge in [0, 0.05) is 15.7 Å². The van der Waals surface area contributed by atoms with E-state index in [-0.39, 0.29) is 5.57 Å². The molecule has 0 saturated heterocycles. The molecule has 0 unspecified atom stereocenters. The number of anilines is 1. The second-order valence-corrected chi connectivity index (χ2v) is 7.39. The predicted octanol–water partition coefficient (Wildman–Crippen LogP) is 6.44. The van der Waals surface area contributed by atoms with E-state index in [0.717, 1.165) is 22.3 Å². The number of carbonyl (C=O) groups is 1. The Morgan fingerprint density at radius 1 is 1.03 bits per heavy atom. The number of halogens is 2. The molecule has 0 spiro atoms. The first-order valence-corrected chi connectivity index (χ1v) is 9.74. The molecule has 0 aliphatic rings. The standard InChI is InChI=1S/C24H18Cl2N2O/c1-16-10-11-21(25)14-23(16)28-24(29)20(15-27)13-18-7-3-2-6-17(18)12-19-8-4-5-9-22(19)26/h2-11,13-14H,12H2,1H3,(H,28,29)/b20-13+. The molecule has 5 heteroatoms. The molecule has 0 radical (unpaired) electrons. The lowest BCUT2D eigenvalue weighted by Crippen LogP contribution is -2.14. The average molecular weight is 421 g/mol. The minimum Gasteiger partial charge on any atom is -0.321 e. The number of hydrogen-bond acceptors (Lipinski definition) is 2. The molecule has 1 N–H and O–H groups in total. The van der Waals surface area contributed by atoms with E-state index in [4.69, 9.17) is 23.2 Å². The van der Waals surface area contributed by atoms with Gasteiger partial charge in [-0.2, -0.15) is 5.26 Å². The van der Waals surface area contributed by atoms with Crippen molar-refractivity contribution in [2.24, 2.45) is 0 Å². The second kappa shape index (κ2) is 9.43. The predicted molar refractivity (Wildman–Crippen MR) is 119 cm³/mol. The highest BCUT2D eigenvalue weighted by molar-refractivity contribution is 6.31. The second-order valence-electron chi connectivity index (χ2n) is 6.55. The molecule has 0 saturated carbocycles. The summed E-state index contributed by atoms with van der Waals surface area (Å²) in [5, 5.41) is 13.5. The summed E-state index contributed by atoms with van der Waals surface area (Å²) >= 11 is 12.3.